The molecular weight excluding hydrogens is 170 g/mol. The number of rotatable bonds is 7. The molecule has 0 aliphatic heterocycles. The summed E-state index contributed by atoms with van der Waals surface area (Å²) in [4.78, 5) is 2.62. The molecule has 86 valence electrons. The normalized spacial score (nSPS) is 12.4. The summed E-state index contributed by atoms with van der Waals surface area (Å²) in [6, 6.07) is 0. The molecule has 0 radical (unpaired) electrons. The monoisotopic (exact) mass is 199 g/mol. The highest BCUT2D eigenvalue weighted by atomic mass is 15.1. The van der Waals surface area contributed by atoms with Crippen LogP contribution in [0, 0.1) is 17.8 Å². The van der Waals surface area contributed by atoms with Gasteiger partial charge >= 0.3 is 0 Å². The molecule has 0 spiro atoms. The van der Waals surface area contributed by atoms with Crippen LogP contribution in [0.15, 0.2) is 0 Å². The lowest BCUT2D eigenvalue weighted by atomic mass is 10.1. The lowest BCUT2D eigenvalue weighted by Crippen LogP contribution is -2.32. The first-order valence-electron chi connectivity index (χ1n) is 6.14. The van der Waals surface area contributed by atoms with E-state index in [2.05, 4.69) is 46.4 Å². The van der Waals surface area contributed by atoms with Crippen molar-refractivity contribution in [2.24, 2.45) is 17.8 Å². The van der Waals surface area contributed by atoms with Crippen LogP contribution in [0.4, 0.5) is 0 Å². The molecule has 0 saturated heterocycles. The molecule has 0 heterocycles. The summed E-state index contributed by atoms with van der Waals surface area (Å²) in [7, 11) is 0. The molecule has 0 unspecified atom stereocenters. The third-order valence-corrected chi connectivity index (χ3v) is 2.27. The summed E-state index contributed by atoms with van der Waals surface area (Å²) in [6.07, 6.45) is 1.33. The van der Waals surface area contributed by atoms with Gasteiger partial charge in [-0.2, -0.15) is 0 Å². The Hall–Kier alpha value is -0.0400. The smallest absolute Gasteiger partial charge is 0.000450 e. The van der Waals surface area contributed by atoms with Gasteiger partial charge in [-0.3, -0.25) is 0 Å². The maximum absolute atomic E-state index is 2.62. The molecule has 0 amide bonds. The van der Waals surface area contributed by atoms with Crippen molar-refractivity contribution in [1.29, 1.82) is 0 Å². The van der Waals surface area contributed by atoms with Gasteiger partial charge in [0.05, 0.1) is 0 Å². The summed E-state index contributed by atoms with van der Waals surface area (Å²) >= 11 is 0. The molecule has 0 bridgehead atoms. The second-order valence-corrected chi connectivity index (χ2v) is 5.73. The van der Waals surface area contributed by atoms with Crippen molar-refractivity contribution in [3.63, 3.8) is 0 Å². The van der Waals surface area contributed by atoms with Crippen LogP contribution >= 0.6 is 0 Å². The van der Waals surface area contributed by atoms with Gasteiger partial charge in [-0.25, -0.2) is 0 Å². The topological polar surface area (TPSA) is 3.24 Å². The van der Waals surface area contributed by atoms with Crippen molar-refractivity contribution >= 4 is 0 Å². The Balaban J connectivity index is 3.84. The summed E-state index contributed by atoms with van der Waals surface area (Å²) in [6.45, 7) is 17.6. The molecular formula is C13H29N. The molecule has 0 aromatic rings. The third kappa shape index (κ3) is 8.55. The van der Waals surface area contributed by atoms with E-state index in [1.165, 1.54) is 26.1 Å². The molecule has 0 atom stereocenters. The van der Waals surface area contributed by atoms with Crippen molar-refractivity contribution in [3.8, 4) is 0 Å². The highest BCUT2D eigenvalue weighted by molar-refractivity contribution is 4.63. The van der Waals surface area contributed by atoms with E-state index < -0.39 is 0 Å². The number of hydrogen-bond acceptors (Lipinski definition) is 1. The van der Waals surface area contributed by atoms with Crippen molar-refractivity contribution in [2.45, 2.75) is 48.0 Å². The molecule has 0 N–H and O–H groups in total. The minimum Gasteiger partial charge on any atom is -0.303 e. The molecule has 0 rings (SSSR count). The van der Waals surface area contributed by atoms with Crippen molar-refractivity contribution in [2.75, 3.05) is 19.6 Å². The van der Waals surface area contributed by atoms with Gasteiger partial charge in [-0.15, -0.1) is 0 Å². The van der Waals surface area contributed by atoms with Crippen LogP contribution in [-0.2, 0) is 0 Å². The molecule has 0 saturated carbocycles. The van der Waals surface area contributed by atoms with Crippen molar-refractivity contribution in [3.05, 3.63) is 0 Å². The van der Waals surface area contributed by atoms with E-state index >= 15 is 0 Å². The Kier molecular flexibility index (Phi) is 7.26. The molecule has 0 aromatic heterocycles. The lowest BCUT2D eigenvalue weighted by molar-refractivity contribution is 0.208. The Bertz CT molecular complexity index is 117. The molecule has 0 aliphatic rings. The Morgan fingerprint density at radius 2 is 1.14 bits per heavy atom. The summed E-state index contributed by atoms with van der Waals surface area (Å²) in [5.74, 6) is 2.42. The number of hydrogen-bond donors (Lipinski definition) is 0. The van der Waals surface area contributed by atoms with Crippen LogP contribution in [-0.4, -0.2) is 24.5 Å². The highest BCUT2D eigenvalue weighted by Crippen LogP contribution is 2.07. The van der Waals surface area contributed by atoms with Gasteiger partial charge in [0.1, 0.15) is 0 Å². The summed E-state index contributed by atoms with van der Waals surface area (Å²) < 4.78 is 0. The van der Waals surface area contributed by atoms with E-state index in [0.717, 1.165) is 17.8 Å². The number of nitrogens with zero attached hydrogens (tertiary/aromatic N) is 1. The van der Waals surface area contributed by atoms with Gasteiger partial charge in [0.15, 0.2) is 0 Å². The minimum absolute atomic E-state index is 0.793. The Morgan fingerprint density at radius 1 is 0.714 bits per heavy atom. The highest BCUT2D eigenvalue weighted by Gasteiger charge is 2.09. The average Bonchev–Trinajstić information content (AvgIpc) is 1.97. The Morgan fingerprint density at radius 3 is 1.43 bits per heavy atom. The zero-order chi connectivity index (χ0) is 11.1. The average molecular weight is 199 g/mol. The zero-order valence-electron chi connectivity index (χ0n) is 11.0. The first-order valence-corrected chi connectivity index (χ1v) is 6.14. The van der Waals surface area contributed by atoms with Gasteiger partial charge in [0, 0.05) is 13.1 Å². The van der Waals surface area contributed by atoms with Crippen LogP contribution in [0.5, 0.6) is 0 Å². The summed E-state index contributed by atoms with van der Waals surface area (Å²) in [5.41, 5.74) is 0. The Labute approximate surface area is 90.9 Å². The van der Waals surface area contributed by atoms with Crippen LogP contribution in [0.1, 0.15) is 48.0 Å². The van der Waals surface area contributed by atoms with E-state index in [9.17, 15) is 0 Å². The third-order valence-electron chi connectivity index (χ3n) is 2.27. The van der Waals surface area contributed by atoms with E-state index in [-0.39, 0.29) is 0 Å². The van der Waals surface area contributed by atoms with Gasteiger partial charge in [0.2, 0.25) is 0 Å². The fourth-order valence-electron chi connectivity index (χ4n) is 1.73. The molecule has 1 heteroatoms. The van der Waals surface area contributed by atoms with E-state index in [1.54, 1.807) is 0 Å². The summed E-state index contributed by atoms with van der Waals surface area (Å²) in [5, 5.41) is 0. The van der Waals surface area contributed by atoms with Gasteiger partial charge < -0.3 is 4.90 Å². The van der Waals surface area contributed by atoms with Crippen molar-refractivity contribution in [1.82, 2.24) is 4.90 Å². The minimum atomic E-state index is 0.793. The first kappa shape index (κ1) is 14.0. The fourth-order valence-corrected chi connectivity index (χ4v) is 1.73. The fraction of sp³-hybridized carbons (Fsp3) is 1.00. The van der Waals surface area contributed by atoms with Crippen LogP contribution in [0.25, 0.3) is 0 Å². The largest absolute Gasteiger partial charge is 0.303 e. The van der Waals surface area contributed by atoms with Gasteiger partial charge in [-0.05, 0) is 30.7 Å². The van der Waals surface area contributed by atoms with Gasteiger partial charge in [0.25, 0.3) is 0 Å². The van der Waals surface area contributed by atoms with Crippen LogP contribution in [0.2, 0.25) is 0 Å². The standard InChI is InChI=1S/C13H29N/c1-11(2)7-8-14(9-12(3)4)10-13(5)6/h11-13H,7-10H2,1-6H3. The van der Waals surface area contributed by atoms with E-state index in [0.29, 0.717) is 0 Å². The maximum atomic E-state index is 2.62. The van der Waals surface area contributed by atoms with Gasteiger partial charge in [-0.1, -0.05) is 41.5 Å². The maximum Gasteiger partial charge on any atom is 0.000450 e. The quantitative estimate of drug-likeness (QED) is 0.605. The van der Waals surface area contributed by atoms with Crippen LogP contribution < -0.4 is 0 Å². The lowest BCUT2D eigenvalue weighted by Gasteiger charge is -2.26. The molecule has 0 aromatic carbocycles. The molecule has 1 nitrogen and oxygen atoms in total. The zero-order valence-corrected chi connectivity index (χ0v) is 11.0. The first-order chi connectivity index (χ1) is 6.41. The van der Waals surface area contributed by atoms with E-state index in [4.69, 9.17) is 0 Å². The predicted octanol–water partition coefficient (Wildman–Crippen LogP) is 3.65. The molecule has 0 fully saturated rings. The second-order valence-electron chi connectivity index (χ2n) is 5.73. The second kappa shape index (κ2) is 7.28. The molecule has 0 aliphatic carbocycles. The van der Waals surface area contributed by atoms with Crippen LogP contribution in [0.3, 0.4) is 0 Å². The SMILES string of the molecule is CC(C)CCN(CC(C)C)CC(C)C. The predicted molar refractivity (Wildman–Crippen MR) is 65.6 cm³/mol. The van der Waals surface area contributed by atoms with Crippen molar-refractivity contribution < 1.29 is 0 Å². The van der Waals surface area contributed by atoms with E-state index in [1.807, 2.05) is 0 Å². The molecule has 14 heavy (non-hydrogen) atoms.